The number of hydrogen-bond acceptors (Lipinski definition) is 5. The summed E-state index contributed by atoms with van der Waals surface area (Å²) >= 11 is 0. The molecule has 1 aliphatic heterocycles. The van der Waals surface area contributed by atoms with E-state index in [1.54, 1.807) is 19.3 Å². The van der Waals surface area contributed by atoms with Crippen molar-refractivity contribution in [3.63, 3.8) is 0 Å². The van der Waals surface area contributed by atoms with Crippen LogP contribution in [0.15, 0.2) is 12.4 Å². The van der Waals surface area contributed by atoms with Crippen LogP contribution in [-0.2, 0) is 0 Å². The molecule has 5 nitrogen and oxygen atoms in total. The average Bonchev–Trinajstić information content (AvgIpc) is 2.01. The Kier molecular flexibility index (Phi) is 1.63. The van der Waals surface area contributed by atoms with E-state index in [1.807, 2.05) is 4.90 Å². The van der Waals surface area contributed by atoms with Crippen LogP contribution in [0.1, 0.15) is 6.92 Å². The first-order valence-corrected chi connectivity index (χ1v) is 4.12. The van der Waals surface area contributed by atoms with Crippen molar-refractivity contribution < 1.29 is 5.11 Å². The van der Waals surface area contributed by atoms with Gasteiger partial charge in [-0.25, -0.2) is 9.97 Å². The molecule has 13 heavy (non-hydrogen) atoms. The van der Waals surface area contributed by atoms with Crippen molar-refractivity contribution in [1.29, 1.82) is 0 Å². The number of nitrogens with zero attached hydrogens (tertiary/aromatic N) is 3. The molecule has 5 heteroatoms. The number of rotatable bonds is 1. The van der Waals surface area contributed by atoms with Crippen molar-refractivity contribution in [3.8, 4) is 0 Å². The van der Waals surface area contributed by atoms with Gasteiger partial charge in [-0.05, 0) is 6.92 Å². The van der Waals surface area contributed by atoms with Crippen molar-refractivity contribution in [2.45, 2.75) is 12.5 Å². The molecular formula is C8H12N4O. The van der Waals surface area contributed by atoms with Crippen LogP contribution >= 0.6 is 0 Å². The van der Waals surface area contributed by atoms with E-state index in [0.29, 0.717) is 24.7 Å². The van der Waals surface area contributed by atoms with E-state index in [9.17, 15) is 5.11 Å². The van der Waals surface area contributed by atoms with Gasteiger partial charge in [0.25, 0.3) is 0 Å². The number of nitrogens with two attached hydrogens (primary N) is 1. The van der Waals surface area contributed by atoms with Crippen LogP contribution in [-0.4, -0.2) is 33.8 Å². The zero-order chi connectivity index (χ0) is 9.47. The first-order chi connectivity index (χ1) is 6.07. The summed E-state index contributed by atoms with van der Waals surface area (Å²) in [5, 5.41) is 9.48. The molecule has 70 valence electrons. The van der Waals surface area contributed by atoms with Gasteiger partial charge in [-0.2, -0.15) is 0 Å². The molecule has 0 bridgehead atoms. The van der Waals surface area contributed by atoms with E-state index in [4.69, 9.17) is 5.73 Å². The second kappa shape index (κ2) is 2.56. The van der Waals surface area contributed by atoms with E-state index in [1.165, 1.54) is 0 Å². The molecule has 0 radical (unpaired) electrons. The fraction of sp³-hybridized carbons (Fsp3) is 0.500. The molecule has 0 aliphatic carbocycles. The minimum absolute atomic E-state index is 0.552. The third kappa shape index (κ3) is 1.55. The molecule has 2 heterocycles. The van der Waals surface area contributed by atoms with Gasteiger partial charge < -0.3 is 15.7 Å². The lowest BCUT2D eigenvalue weighted by atomic mass is 9.98. The minimum Gasteiger partial charge on any atom is -0.396 e. The summed E-state index contributed by atoms with van der Waals surface area (Å²) in [4.78, 5) is 9.99. The predicted molar refractivity (Wildman–Crippen MR) is 49.3 cm³/mol. The monoisotopic (exact) mass is 180 g/mol. The van der Waals surface area contributed by atoms with Crippen molar-refractivity contribution in [3.05, 3.63) is 12.4 Å². The topological polar surface area (TPSA) is 75.3 Å². The Morgan fingerprint density at radius 1 is 1.46 bits per heavy atom. The Bertz CT molecular complexity index is 300. The van der Waals surface area contributed by atoms with Crippen molar-refractivity contribution in [2.24, 2.45) is 0 Å². The first kappa shape index (κ1) is 8.25. The smallest absolute Gasteiger partial charge is 0.225 e. The quantitative estimate of drug-likeness (QED) is 0.616. The van der Waals surface area contributed by atoms with Crippen LogP contribution in [0.3, 0.4) is 0 Å². The van der Waals surface area contributed by atoms with Crippen LogP contribution in [0.5, 0.6) is 0 Å². The fourth-order valence-electron chi connectivity index (χ4n) is 1.41. The van der Waals surface area contributed by atoms with Gasteiger partial charge in [-0.3, -0.25) is 0 Å². The zero-order valence-electron chi connectivity index (χ0n) is 7.44. The highest BCUT2D eigenvalue weighted by molar-refractivity contribution is 5.41. The molecule has 0 unspecified atom stereocenters. The number of anilines is 2. The van der Waals surface area contributed by atoms with Gasteiger partial charge in [0.05, 0.1) is 36.8 Å². The highest BCUT2D eigenvalue weighted by atomic mass is 16.3. The number of aromatic nitrogens is 2. The lowest BCUT2D eigenvalue weighted by molar-refractivity contribution is 0.0300. The zero-order valence-corrected chi connectivity index (χ0v) is 7.44. The van der Waals surface area contributed by atoms with Crippen LogP contribution in [0.25, 0.3) is 0 Å². The molecule has 3 N–H and O–H groups in total. The van der Waals surface area contributed by atoms with E-state index < -0.39 is 5.60 Å². The summed E-state index contributed by atoms with van der Waals surface area (Å²) in [5.74, 6) is 0.626. The molecule has 1 fully saturated rings. The molecule has 1 aromatic heterocycles. The van der Waals surface area contributed by atoms with Gasteiger partial charge in [-0.1, -0.05) is 0 Å². The van der Waals surface area contributed by atoms with E-state index in [0.717, 1.165) is 0 Å². The van der Waals surface area contributed by atoms with Crippen LogP contribution in [0, 0.1) is 0 Å². The summed E-state index contributed by atoms with van der Waals surface area (Å²) in [7, 11) is 0. The predicted octanol–water partition coefficient (Wildman–Crippen LogP) is -0.370. The Labute approximate surface area is 76.2 Å². The Morgan fingerprint density at radius 2 is 2.00 bits per heavy atom. The van der Waals surface area contributed by atoms with Gasteiger partial charge in [0.15, 0.2) is 0 Å². The summed E-state index contributed by atoms with van der Waals surface area (Å²) in [6.45, 7) is 2.95. The molecule has 1 aliphatic rings. The summed E-state index contributed by atoms with van der Waals surface area (Å²) in [6.07, 6.45) is 3.13. The maximum Gasteiger partial charge on any atom is 0.225 e. The maximum absolute atomic E-state index is 9.48. The molecule has 2 rings (SSSR count). The van der Waals surface area contributed by atoms with E-state index >= 15 is 0 Å². The normalized spacial score (nSPS) is 19.7. The second-order valence-electron chi connectivity index (χ2n) is 3.67. The third-order valence-electron chi connectivity index (χ3n) is 2.00. The Balaban J connectivity index is 2.08. The largest absolute Gasteiger partial charge is 0.396 e. The maximum atomic E-state index is 9.48. The number of β-amino-alcohol motifs (C(OH)–C–C–N with tert-alkyl or cyclic N) is 1. The molecule has 1 aromatic rings. The van der Waals surface area contributed by atoms with Gasteiger partial charge in [-0.15, -0.1) is 0 Å². The average molecular weight is 180 g/mol. The number of aliphatic hydroxyl groups is 1. The van der Waals surface area contributed by atoms with Gasteiger partial charge in [0.1, 0.15) is 0 Å². The fourth-order valence-corrected chi connectivity index (χ4v) is 1.41. The van der Waals surface area contributed by atoms with Gasteiger partial charge in [0, 0.05) is 0 Å². The van der Waals surface area contributed by atoms with E-state index in [-0.39, 0.29) is 0 Å². The SMILES string of the molecule is CC1(O)CN(c2ncc(N)cn2)C1. The van der Waals surface area contributed by atoms with Crippen LogP contribution in [0.4, 0.5) is 11.6 Å². The Hall–Kier alpha value is -1.36. The highest BCUT2D eigenvalue weighted by Gasteiger charge is 2.37. The lowest BCUT2D eigenvalue weighted by Crippen LogP contribution is -2.60. The third-order valence-corrected chi connectivity index (χ3v) is 2.00. The Morgan fingerprint density at radius 3 is 2.46 bits per heavy atom. The molecule has 0 aromatic carbocycles. The molecule has 0 atom stereocenters. The summed E-state index contributed by atoms with van der Waals surface area (Å²) < 4.78 is 0. The molecule has 1 saturated heterocycles. The van der Waals surface area contributed by atoms with Crippen molar-refractivity contribution in [2.75, 3.05) is 23.7 Å². The second-order valence-corrected chi connectivity index (χ2v) is 3.67. The standard InChI is InChI=1S/C8H12N4O/c1-8(13)4-12(5-8)7-10-2-6(9)3-11-7/h2-3,13H,4-5,9H2,1H3. The molecular weight excluding hydrogens is 168 g/mol. The van der Waals surface area contributed by atoms with Crippen molar-refractivity contribution >= 4 is 11.6 Å². The summed E-state index contributed by atoms with van der Waals surface area (Å²) in [5.41, 5.74) is 5.41. The highest BCUT2D eigenvalue weighted by Crippen LogP contribution is 2.23. The lowest BCUT2D eigenvalue weighted by Gasteiger charge is -2.44. The first-order valence-electron chi connectivity index (χ1n) is 4.12. The van der Waals surface area contributed by atoms with E-state index in [2.05, 4.69) is 9.97 Å². The molecule has 0 saturated carbocycles. The van der Waals surface area contributed by atoms with Crippen LogP contribution < -0.4 is 10.6 Å². The summed E-state index contributed by atoms with van der Waals surface area (Å²) in [6, 6.07) is 0. The minimum atomic E-state index is -0.593. The number of hydrogen-bond donors (Lipinski definition) is 2. The van der Waals surface area contributed by atoms with Crippen molar-refractivity contribution in [1.82, 2.24) is 9.97 Å². The van der Waals surface area contributed by atoms with Gasteiger partial charge >= 0.3 is 0 Å². The molecule has 0 spiro atoms. The number of nitrogen functional groups attached to an aromatic ring is 1. The van der Waals surface area contributed by atoms with Gasteiger partial charge in [0.2, 0.25) is 5.95 Å². The molecule has 0 amide bonds. The van der Waals surface area contributed by atoms with Crippen LogP contribution in [0.2, 0.25) is 0 Å².